The summed E-state index contributed by atoms with van der Waals surface area (Å²) in [6.45, 7) is 5.43. The smallest absolute Gasteiger partial charge is 0.407 e. The Morgan fingerprint density at radius 2 is 1.97 bits per heavy atom. The number of anilines is 1. The third kappa shape index (κ3) is 5.73. The number of aromatic nitrogens is 2. The van der Waals surface area contributed by atoms with E-state index in [1.54, 1.807) is 6.07 Å². The number of halogens is 3. The fraction of sp³-hybridized carbons (Fsp3) is 0.571. The van der Waals surface area contributed by atoms with Crippen LogP contribution >= 0.6 is 0 Å². The van der Waals surface area contributed by atoms with Crippen LogP contribution in [-0.4, -0.2) is 47.0 Å². The van der Waals surface area contributed by atoms with Crippen LogP contribution in [0.25, 0.3) is 10.9 Å². The fourth-order valence-corrected chi connectivity index (χ4v) is 3.80. The van der Waals surface area contributed by atoms with Crippen molar-refractivity contribution in [2.24, 2.45) is 0 Å². The lowest BCUT2D eigenvalue weighted by Gasteiger charge is -2.27. The third-order valence-corrected chi connectivity index (χ3v) is 5.09. The van der Waals surface area contributed by atoms with Crippen LogP contribution < -0.4 is 10.2 Å². The maximum absolute atomic E-state index is 12.8. The van der Waals surface area contributed by atoms with Gasteiger partial charge in [0.2, 0.25) is 0 Å². The van der Waals surface area contributed by atoms with Crippen LogP contribution in [0.5, 0.6) is 0 Å². The molecular weight excluding hydrogens is 397 g/mol. The Morgan fingerprint density at radius 1 is 1.23 bits per heavy atom. The number of alkyl halides is 3. The number of fused-ring (bicyclic) bond motifs is 1. The average molecular weight is 424 g/mol. The molecule has 0 aliphatic heterocycles. The summed E-state index contributed by atoms with van der Waals surface area (Å²) >= 11 is 0. The molecular formula is C21H27F3N4O2. The normalized spacial score (nSPS) is 19.7. The van der Waals surface area contributed by atoms with Crippen molar-refractivity contribution in [3.8, 4) is 0 Å². The van der Waals surface area contributed by atoms with Gasteiger partial charge in [0.25, 0.3) is 0 Å². The number of alkyl carbamates (subject to hydrolysis) is 1. The number of carbonyl (C=O) groups is 1. The highest BCUT2D eigenvalue weighted by Crippen LogP contribution is 2.32. The van der Waals surface area contributed by atoms with Crippen LogP contribution in [0.1, 0.15) is 45.6 Å². The largest absolute Gasteiger partial charge is 0.444 e. The number of nitrogens with one attached hydrogen (secondary N) is 1. The summed E-state index contributed by atoms with van der Waals surface area (Å²) in [5.41, 5.74) is 0.210. The van der Waals surface area contributed by atoms with Crippen molar-refractivity contribution in [1.82, 2.24) is 15.3 Å². The number of nitrogens with zero attached hydrogens (tertiary/aromatic N) is 3. The lowest BCUT2D eigenvalue weighted by molar-refractivity contribution is -0.127. The summed E-state index contributed by atoms with van der Waals surface area (Å²) in [7, 11) is 1.87. The molecule has 6 nitrogen and oxygen atoms in total. The highest BCUT2D eigenvalue weighted by molar-refractivity contribution is 5.90. The number of benzene rings is 1. The molecule has 1 heterocycles. The van der Waals surface area contributed by atoms with Gasteiger partial charge in [-0.1, -0.05) is 6.07 Å². The highest BCUT2D eigenvalue weighted by Gasteiger charge is 2.32. The van der Waals surface area contributed by atoms with Gasteiger partial charge in [0.15, 0.2) is 0 Å². The van der Waals surface area contributed by atoms with E-state index in [1.807, 2.05) is 32.7 Å². The van der Waals surface area contributed by atoms with E-state index >= 15 is 0 Å². The Kier molecular flexibility index (Phi) is 6.10. The Bertz CT molecular complexity index is 911. The van der Waals surface area contributed by atoms with E-state index < -0.39 is 24.3 Å². The van der Waals surface area contributed by atoms with E-state index in [0.717, 1.165) is 12.8 Å². The first-order valence-electron chi connectivity index (χ1n) is 9.94. The van der Waals surface area contributed by atoms with E-state index in [-0.39, 0.29) is 17.6 Å². The molecule has 1 aliphatic carbocycles. The van der Waals surface area contributed by atoms with Gasteiger partial charge in [0.1, 0.15) is 17.7 Å². The van der Waals surface area contributed by atoms with Gasteiger partial charge in [-0.05, 0) is 57.7 Å². The third-order valence-electron chi connectivity index (χ3n) is 5.09. The lowest BCUT2D eigenvalue weighted by atomic mass is 10.1. The molecule has 2 unspecified atom stereocenters. The van der Waals surface area contributed by atoms with Crippen molar-refractivity contribution in [2.45, 2.75) is 70.3 Å². The molecule has 9 heteroatoms. The SMILES string of the molecule is CN(c1ncnc2ccc(CC(F)(F)F)cc12)C1CCC(NC(=O)OC(C)(C)C)C1. The predicted octanol–water partition coefficient (Wildman–Crippen LogP) is 4.62. The topological polar surface area (TPSA) is 67.4 Å². The second-order valence-corrected chi connectivity index (χ2v) is 8.76. The van der Waals surface area contributed by atoms with Crippen molar-refractivity contribution in [3.63, 3.8) is 0 Å². The second kappa shape index (κ2) is 8.28. The Balaban J connectivity index is 1.74. The number of hydrogen-bond donors (Lipinski definition) is 1. The summed E-state index contributed by atoms with van der Waals surface area (Å²) in [6.07, 6.45) is -1.98. The minimum Gasteiger partial charge on any atom is -0.444 e. The number of amides is 1. The summed E-state index contributed by atoms with van der Waals surface area (Å²) in [5, 5.41) is 3.49. The van der Waals surface area contributed by atoms with Crippen molar-refractivity contribution in [1.29, 1.82) is 0 Å². The van der Waals surface area contributed by atoms with Gasteiger partial charge < -0.3 is 15.0 Å². The molecule has 164 valence electrons. The zero-order valence-corrected chi connectivity index (χ0v) is 17.6. The van der Waals surface area contributed by atoms with E-state index in [1.165, 1.54) is 18.5 Å². The molecule has 1 N–H and O–H groups in total. The van der Waals surface area contributed by atoms with E-state index in [4.69, 9.17) is 4.74 Å². The van der Waals surface area contributed by atoms with E-state index in [9.17, 15) is 18.0 Å². The summed E-state index contributed by atoms with van der Waals surface area (Å²) < 4.78 is 43.7. The summed E-state index contributed by atoms with van der Waals surface area (Å²) in [4.78, 5) is 22.5. The second-order valence-electron chi connectivity index (χ2n) is 8.76. The molecule has 3 rings (SSSR count). The average Bonchev–Trinajstić information content (AvgIpc) is 3.05. The lowest BCUT2D eigenvalue weighted by Crippen LogP contribution is -2.39. The molecule has 0 spiro atoms. The highest BCUT2D eigenvalue weighted by atomic mass is 19.4. The molecule has 0 saturated heterocycles. The summed E-state index contributed by atoms with van der Waals surface area (Å²) in [6, 6.07) is 4.62. The molecule has 2 atom stereocenters. The molecule has 1 saturated carbocycles. The van der Waals surface area contributed by atoms with Gasteiger partial charge >= 0.3 is 12.3 Å². The molecule has 1 aromatic carbocycles. The van der Waals surface area contributed by atoms with Crippen LogP contribution in [0.4, 0.5) is 23.8 Å². The molecule has 0 radical (unpaired) electrons. The maximum atomic E-state index is 12.8. The number of carbonyl (C=O) groups excluding carboxylic acids is 1. The van der Waals surface area contributed by atoms with Crippen molar-refractivity contribution < 1.29 is 22.7 Å². The first-order chi connectivity index (χ1) is 13.9. The van der Waals surface area contributed by atoms with Gasteiger partial charge in [-0.15, -0.1) is 0 Å². The Hall–Kier alpha value is -2.58. The van der Waals surface area contributed by atoms with E-state index in [0.29, 0.717) is 23.1 Å². The molecule has 1 amide bonds. The van der Waals surface area contributed by atoms with Crippen LogP contribution in [0.2, 0.25) is 0 Å². The van der Waals surface area contributed by atoms with Gasteiger partial charge in [0, 0.05) is 24.5 Å². The zero-order valence-electron chi connectivity index (χ0n) is 17.6. The first kappa shape index (κ1) is 22.1. The quantitative estimate of drug-likeness (QED) is 0.776. The zero-order chi connectivity index (χ0) is 22.1. The van der Waals surface area contributed by atoms with Gasteiger partial charge in [-0.2, -0.15) is 13.2 Å². The standard InChI is InChI=1S/C21H27F3N4O2/c1-20(2,3)30-19(29)27-14-6-7-15(10-14)28(4)18-16-9-13(11-21(22,23)24)5-8-17(16)25-12-26-18/h5,8-9,12,14-15H,6-7,10-11H2,1-4H3,(H,27,29). The minimum absolute atomic E-state index is 0.0267. The molecule has 0 bridgehead atoms. The predicted molar refractivity (Wildman–Crippen MR) is 108 cm³/mol. The maximum Gasteiger partial charge on any atom is 0.407 e. The monoisotopic (exact) mass is 424 g/mol. The van der Waals surface area contributed by atoms with Crippen LogP contribution in [0.3, 0.4) is 0 Å². The van der Waals surface area contributed by atoms with Crippen LogP contribution in [-0.2, 0) is 11.2 Å². The summed E-state index contributed by atoms with van der Waals surface area (Å²) in [5.74, 6) is 0.590. The number of rotatable bonds is 4. The van der Waals surface area contributed by atoms with Crippen molar-refractivity contribution in [2.75, 3.05) is 11.9 Å². The molecule has 2 aromatic rings. The molecule has 1 fully saturated rings. The van der Waals surface area contributed by atoms with Crippen molar-refractivity contribution in [3.05, 3.63) is 30.1 Å². The fourth-order valence-electron chi connectivity index (χ4n) is 3.80. The molecule has 1 aliphatic rings. The van der Waals surface area contributed by atoms with Gasteiger partial charge in [0.05, 0.1) is 11.9 Å². The first-order valence-corrected chi connectivity index (χ1v) is 9.94. The Morgan fingerprint density at radius 3 is 2.63 bits per heavy atom. The number of hydrogen-bond acceptors (Lipinski definition) is 5. The minimum atomic E-state index is -4.28. The van der Waals surface area contributed by atoms with Crippen LogP contribution in [0.15, 0.2) is 24.5 Å². The van der Waals surface area contributed by atoms with E-state index in [2.05, 4.69) is 15.3 Å². The Labute approximate surface area is 173 Å². The van der Waals surface area contributed by atoms with Crippen molar-refractivity contribution >= 4 is 22.8 Å². The molecule has 30 heavy (non-hydrogen) atoms. The number of ether oxygens (including phenoxy) is 1. The van der Waals surface area contributed by atoms with Crippen LogP contribution in [0, 0.1) is 0 Å². The van der Waals surface area contributed by atoms with Gasteiger partial charge in [-0.25, -0.2) is 14.8 Å². The van der Waals surface area contributed by atoms with Gasteiger partial charge in [-0.3, -0.25) is 0 Å². The molecule has 1 aromatic heterocycles.